The Kier molecular flexibility index (Phi) is 3150. The van der Waals surface area contributed by atoms with E-state index in [0.29, 0.717) is 0 Å². The summed E-state index contributed by atoms with van der Waals surface area (Å²) in [6.45, 7) is 0. The van der Waals surface area contributed by atoms with Gasteiger partial charge in [-0.05, 0) is 0 Å². The van der Waals surface area contributed by atoms with E-state index in [2.05, 4.69) is 0 Å². The Hall–Kier alpha value is 0.907. The van der Waals surface area contributed by atoms with Gasteiger partial charge in [0.05, 0.1) is 0 Å². The van der Waals surface area contributed by atoms with E-state index < -0.39 is 0 Å². The Morgan fingerprint density at radius 1 is 0.600 bits per heavy atom. The van der Waals surface area contributed by atoms with Crippen molar-refractivity contribution >= 4 is 0 Å². The van der Waals surface area contributed by atoms with Gasteiger partial charge in [-0.2, -0.15) is 0 Å². The van der Waals surface area contributed by atoms with Crippen molar-refractivity contribution < 1.29 is 50.0 Å². The molecule has 0 aliphatic carbocycles. The van der Waals surface area contributed by atoms with Crippen molar-refractivity contribution in [2.45, 2.75) is 0 Å². The number of hydrogen-bond donors (Lipinski definition) is 0. The van der Waals surface area contributed by atoms with Gasteiger partial charge in [0.25, 0.3) is 0 Å². The average molecular weight is 120 g/mol. The van der Waals surface area contributed by atoms with Crippen LogP contribution in [-0.4, -0.2) is 0 Å². The van der Waals surface area contributed by atoms with Crippen molar-refractivity contribution in [1.29, 1.82) is 0 Å². The first-order valence-corrected chi connectivity index (χ1v) is 0. The predicted octanol–water partition coefficient (Wildman–Crippen LogP) is -12.0. The van der Waals surface area contributed by atoms with Gasteiger partial charge in [-0.25, -0.2) is 0 Å². The van der Waals surface area contributed by atoms with Crippen LogP contribution in [0.25, 0.3) is 0 Å². The van der Waals surface area contributed by atoms with Gasteiger partial charge in [0, 0.05) is 0 Å². The smallest absolute Gasteiger partial charge is 1.00 e. The molecule has 0 bridgehead atoms. The van der Waals surface area contributed by atoms with E-state index in [-0.39, 0.29) is 50.0 Å². The molecule has 0 atom stereocenters. The van der Waals surface area contributed by atoms with Crippen molar-refractivity contribution in [3.8, 4) is 0 Å². The summed E-state index contributed by atoms with van der Waals surface area (Å²) in [7, 11) is 0. The van der Waals surface area contributed by atoms with Crippen molar-refractivity contribution in [1.82, 2.24) is 0 Å². The molecular weight excluding hydrogens is 120 g/mol. The van der Waals surface area contributed by atoms with E-state index in [1.54, 1.807) is 0 Å². The van der Waals surface area contributed by atoms with E-state index in [1.165, 1.54) is 0 Å². The van der Waals surface area contributed by atoms with Crippen LogP contribution in [0.15, 0.2) is 0 Å². The summed E-state index contributed by atoms with van der Waals surface area (Å²) in [6.07, 6.45) is 0. The molecule has 0 aliphatic heterocycles. The maximum Gasteiger partial charge on any atom is 2.00 e. The topological polar surface area (TPSA) is 0 Å². The zero-order chi connectivity index (χ0) is 0. The zero-order valence-corrected chi connectivity index (χ0v) is 3.59. The fourth-order valence-electron chi connectivity index (χ4n) is 0. The van der Waals surface area contributed by atoms with E-state index >= 15 is 0 Å². The summed E-state index contributed by atoms with van der Waals surface area (Å²) in [4.78, 5) is 0. The fraction of sp³-hybridized carbons (Fsp3) is 0. The van der Waals surface area contributed by atoms with Crippen LogP contribution in [0, 0.1) is 0 Å². The Labute approximate surface area is 50.4 Å². The van der Waals surface area contributed by atoms with Crippen molar-refractivity contribution in [3.05, 3.63) is 0 Å². The molecule has 0 saturated heterocycles. The second-order valence-electron chi connectivity index (χ2n) is 0. The molecule has 0 heterocycles. The minimum atomic E-state index is 0. The van der Waals surface area contributed by atoms with Gasteiger partial charge in [-0.15, -0.1) is 0 Å². The van der Waals surface area contributed by atoms with Crippen LogP contribution in [-0.2, 0) is 17.1 Å². The summed E-state index contributed by atoms with van der Waals surface area (Å²) >= 11 is 0. The average Bonchev–Trinajstić information content (AvgIpc) is 0. The molecule has 0 fully saturated rings. The van der Waals surface area contributed by atoms with E-state index in [9.17, 15) is 0 Å². The molecule has 0 amide bonds. The first kappa shape index (κ1) is 173. The minimum Gasteiger partial charge on any atom is -1.00 e. The van der Waals surface area contributed by atoms with Gasteiger partial charge >= 0.3 is 35.9 Å². The van der Waals surface area contributed by atoms with Crippen LogP contribution in [0.4, 0.5) is 0 Å². The second-order valence-corrected chi connectivity index (χ2v) is 0. The Bertz CT molecular complexity index is 6.85. The summed E-state index contributed by atoms with van der Waals surface area (Å²) < 4.78 is 0. The molecule has 5 heavy (non-hydrogen) atoms. The molecule has 0 rings (SSSR count). The molecule has 5 heteroatoms. The second kappa shape index (κ2) is 91.1. The maximum absolute atomic E-state index is 0. The van der Waals surface area contributed by atoms with E-state index in [4.69, 9.17) is 0 Å². The Morgan fingerprint density at radius 2 is 0.600 bits per heavy atom. The van der Waals surface area contributed by atoms with Gasteiger partial charge in [-0.3, -0.25) is 0 Å². The fourth-order valence-corrected chi connectivity index (χ4v) is 0. The molecule has 0 aromatic rings. The maximum atomic E-state index is 0. The van der Waals surface area contributed by atoms with Gasteiger partial charge < -0.3 is 14.1 Å². The van der Waals surface area contributed by atoms with E-state index in [0.717, 1.165) is 0 Å². The molecule has 0 aromatic heterocycles. The molecule has 0 N–H and O–H groups in total. The summed E-state index contributed by atoms with van der Waals surface area (Å²) in [5.41, 5.74) is 0. The van der Waals surface area contributed by atoms with E-state index in [1.807, 2.05) is 0 Å². The van der Waals surface area contributed by atoms with Gasteiger partial charge in [0.15, 0.2) is 0 Å². The molecule has 0 radical (unpaired) electrons. The molecule has 30 valence electrons. The molecule has 0 aromatic carbocycles. The SMILES string of the molecule is [F-].[F-].[F-].[Fe+2].[Li+]. The Balaban J connectivity index is 0. The van der Waals surface area contributed by atoms with Gasteiger partial charge in [0.2, 0.25) is 0 Å². The van der Waals surface area contributed by atoms with Crippen molar-refractivity contribution in [2.24, 2.45) is 0 Å². The number of rotatable bonds is 0. The van der Waals surface area contributed by atoms with Crippen molar-refractivity contribution in [3.63, 3.8) is 0 Å². The zero-order valence-electron chi connectivity index (χ0n) is 2.49. The molecule has 0 aliphatic rings. The summed E-state index contributed by atoms with van der Waals surface area (Å²) in [5.74, 6) is 0. The normalized spacial score (nSPS) is 0. The molecular formula is F3FeLi. The largest absolute Gasteiger partial charge is 2.00 e. The summed E-state index contributed by atoms with van der Waals surface area (Å²) in [6, 6.07) is 0. The standard InChI is InChI=1S/3FH.Fe.Li/h3*1H;;/q;;;+2;+1/p-3. The summed E-state index contributed by atoms with van der Waals surface area (Å²) in [5, 5.41) is 0. The monoisotopic (exact) mass is 120 g/mol. The Morgan fingerprint density at radius 3 is 0.600 bits per heavy atom. The molecule has 0 nitrogen and oxygen atoms in total. The third kappa shape index (κ3) is 50.4. The molecule has 0 unspecified atom stereocenters. The predicted molar refractivity (Wildman–Crippen MR) is 0 cm³/mol. The minimum absolute atomic E-state index is 0. The third-order valence-corrected chi connectivity index (χ3v) is 0. The van der Waals surface area contributed by atoms with Crippen LogP contribution >= 0.6 is 0 Å². The van der Waals surface area contributed by atoms with Crippen LogP contribution in [0.5, 0.6) is 0 Å². The van der Waals surface area contributed by atoms with Crippen LogP contribution in [0.3, 0.4) is 0 Å². The van der Waals surface area contributed by atoms with Gasteiger partial charge in [0.1, 0.15) is 0 Å². The van der Waals surface area contributed by atoms with Crippen molar-refractivity contribution in [2.75, 3.05) is 0 Å². The first-order valence-electron chi connectivity index (χ1n) is 0. The molecule has 0 saturated carbocycles. The van der Waals surface area contributed by atoms with Crippen LogP contribution in [0.1, 0.15) is 0 Å². The number of halogens is 3. The van der Waals surface area contributed by atoms with Gasteiger partial charge in [-0.1, -0.05) is 0 Å². The van der Waals surface area contributed by atoms with Crippen LogP contribution < -0.4 is 33.0 Å². The third-order valence-electron chi connectivity index (χ3n) is 0. The first-order chi connectivity index (χ1) is 0. The van der Waals surface area contributed by atoms with Crippen LogP contribution in [0.2, 0.25) is 0 Å². The quantitative estimate of drug-likeness (QED) is 0.278. The molecule has 0 spiro atoms. The number of hydrogen-bond acceptors (Lipinski definition) is 0.